The lowest BCUT2D eigenvalue weighted by Crippen LogP contribution is -2.53. The van der Waals surface area contributed by atoms with E-state index in [1.807, 2.05) is 41.4 Å². The number of rotatable bonds is 13. The van der Waals surface area contributed by atoms with Gasteiger partial charge in [-0.3, -0.25) is 10.2 Å². The molecule has 1 saturated heterocycles. The van der Waals surface area contributed by atoms with Crippen molar-refractivity contribution in [2.75, 3.05) is 71.7 Å². The van der Waals surface area contributed by atoms with E-state index >= 15 is 0 Å². The summed E-state index contributed by atoms with van der Waals surface area (Å²) in [5, 5.41) is 2.78. The number of piperazine rings is 1. The van der Waals surface area contributed by atoms with E-state index in [9.17, 15) is 4.79 Å². The van der Waals surface area contributed by atoms with Crippen LogP contribution in [0.15, 0.2) is 71.5 Å². The average Bonchev–Trinajstić information content (AvgIpc) is 3.03. The lowest BCUT2D eigenvalue weighted by molar-refractivity contribution is 0.0777. The molecule has 1 amide bonds. The van der Waals surface area contributed by atoms with E-state index in [-0.39, 0.29) is 5.91 Å². The van der Waals surface area contributed by atoms with Gasteiger partial charge in [-0.15, -0.1) is 0 Å². The Bertz CT molecular complexity index is 1500. The zero-order valence-corrected chi connectivity index (χ0v) is 25.7. The first-order valence-electron chi connectivity index (χ1n) is 13.9. The summed E-state index contributed by atoms with van der Waals surface area (Å²) in [5.74, 6) is 3.19. The molecule has 0 atom stereocenters. The van der Waals surface area contributed by atoms with Gasteiger partial charge < -0.3 is 28.6 Å². The van der Waals surface area contributed by atoms with Crippen LogP contribution in [-0.4, -0.2) is 87.7 Å². The second-order valence-corrected chi connectivity index (χ2v) is 10.6. The molecule has 1 fully saturated rings. The molecule has 226 valence electrons. The van der Waals surface area contributed by atoms with Gasteiger partial charge in [0.1, 0.15) is 36.9 Å². The Balaban J connectivity index is 1.21. The highest BCUT2D eigenvalue weighted by Crippen LogP contribution is 2.35. The van der Waals surface area contributed by atoms with Gasteiger partial charge in [-0.05, 0) is 54.6 Å². The molecular formula is C31H34BrN5O6. The van der Waals surface area contributed by atoms with Gasteiger partial charge in [0, 0.05) is 61.9 Å². The second-order valence-electron chi connectivity index (χ2n) is 9.69. The van der Waals surface area contributed by atoms with E-state index in [1.165, 1.54) is 0 Å². The van der Waals surface area contributed by atoms with Crippen LogP contribution >= 0.6 is 15.9 Å². The fourth-order valence-corrected chi connectivity index (χ4v) is 4.81. The molecular weight excluding hydrogens is 618 g/mol. The monoisotopic (exact) mass is 651 g/mol. The molecule has 2 heterocycles. The number of methoxy groups -OCH3 is 2. The van der Waals surface area contributed by atoms with Crippen molar-refractivity contribution in [3.05, 3.63) is 77.0 Å². The molecule has 5 rings (SSSR count). The third kappa shape index (κ3) is 8.11. The topological polar surface area (TPSA) is 108 Å². The number of nitrogens with one attached hydrogen (secondary N) is 1. The Morgan fingerprint density at radius 1 is 0.814 bits per heavy atom. The number of amides is 1. The first-order valence-corrected chi connectivity index (χ1v) is 14.7. The van der Waals surface area contributed by atoms with Crippen molar-refractivity contribution < 1.29 is 28.5 Å². The number of ether oxygens (including phenoxy) is 5. The lowest BCUT2D eigenvalue weighted by atomic mass is 10.2. The van der Waals surface area contributed by atoms with E-state index in [1.54, 1.807) is 44.8 Å². The molecule has 0 aliphatic carbocycles. The summed E-state index contributed by atoms with van der Waals surface area (Å²) in [4.78, 5) is 24.2. The van der Waals surface area contributed by atoms with Gasteiger partial charge in [-0.2, -0.15) is 0 Å². The van der Waals surface area contributed by atoms with Crippen molar-refractivity contribution in [3.63, 3.8) is 0 Å². The molecule has 1 aromatic heterocycles. The van der Waals surface area contributed by atoms with Crippen LogP contribution in [-0.2, 0) is 9.47 Å². The SMILES string of the molecule is COCCOc1cc2ncnc(N3CCN(NC(=O)c4ccc(Oc5ccc(Br)cc5)cc4)CC3)c2cc1OCCOC. The van der Waals surface area contributed by atoms with Crippen molar-refractivity contribution in [2.45, 2.75) is 0 Å². The van der Waals surface area contributed by atoms with Gasteiger partial charge in [-0.1, -0.05) is 15.9 Å². The summed E-state index contributed by atoms with van der Waals surface area (Å²) in [5.41, 5.74) is 4.32. The summed E-state index contributed by atoms with van der Waals surface area (Å²) >= 11 is 3.42. The summed E-state index contributed by atoms with van der Waals surface area (Å²) in [6.45, 7) is 4.25. The summed E-state index contributed by atoms with van der Waals surface area (Å²) < 4.78 is 29.0. The zero-order chi connectivity index (χ0) is 30.0. The first kappa shape index (κ1) is 30.5. The number of anilines is 1. The van der Waals surface area contributed by atoms with E-state index in [0.717, 1.165) is 26.9 Å². The molecule has 0 spiro atoms. The normalized spacial score (nSPS) is 13.6. The van der Waals surface area contributed by atoms with Gasteiger partial charge in [0.25, 0.3) is 5.91 Å². The molecule has 11 nitrogen and oxygen atoms in total. The largest absolute Gasteiger partial charge is 0.487 e. The predicted molar refractivity (Wildman–Crippen MR) is 166 cm³/mol. The van der Waals surface area contributed by atoms with Crippen molar-refractivity contribution in [1.29, 1.82) is 0 Å². The molecule has 12 heteroatoms. The highest BCUT2D eigenvalue weighted by atomic mass is 79.9. The maximum atomic E-state index is 12.9. The van der Waals surface area contributed by atoms with Crippen molar-refractivity contribution in [1.82, 2.24) is 20.4 Å². The third-order valence-electron chi connectivity index (χ3n) is 6.77. The van der Waals surface area contributed by atoms with Gasteiger partial charge in [0.15, 0.2) is 11.5 Å². The molecule has 0 unspecified atom stereocenters. The van der Waals surface area contributed by atoms with Crippen LogP contribution < -0.4 is 24.5 Å². The average molecular weight is 653 g/mol. The summed E-state index contributed by atoms with van der Waals surface area (Å²) in [6.07, 6.45) is 1.56. The number of benzene rings is 3. The maximum Gasteiger partial charge on any atom is 0.265 e. The molecule has 43 heavy (non-hydrogen) atoms. The van der Waals surface area contributed by atoms with Gasteiger partial charge in [-0.25, -0.2) is 15.0 Å². The minimum absolute atomic E-state index is 0.171. The highest BCUT2D eigenvalue weighted by molar-refractivity contribution is 9.10. The fraction of sp³-hybridized carbons (Fsp3) is 0.323. The Kier molecular flexibility index (Phi) is 10.6. The molecule has 0 radical (unpaired) electrons. The number of aromatic nitrogens is 2. The third-order valence-corrected chi connectivity index (χ3v) is 7.30. The van der Waals surface area contributed by atoms with Crippen LogP contribution in [0.3, 0.4) is 0 Å². The Morgan fingerprint density at radius 3 is 2.05 bits per heavy atom. The van der Waals surface area contributed by atoms with Gasteiger partial charge >= 0.3 is 0 Å². The Morgan fingerprint density at radius 2 is 1.42 bits per heavy atom. The summed E-state index contributed by atoms with van der Waals surface area (Å²) in [7, 11) is 3.26. The fourth-order valence-electron chi connectivity index (χ4n) is 4.55. The van der Waals surface area contributed by atoms with Crippen LogP contribution in [0.1, 0.15) is 10.4 Å². The lowest BCUT2D eigenvalue weighted by Gasteiger charge is -2.35. The van der Waals surface area contributed by atoms with Crippen LogP contribution in [0.25, 0.3) is 10.9 Å². The minimum atomic E-state index is -0.171. The quantitative estimate of drug-likeness (QED) is 0.204. The number of halogens is 1. The van der Waals surface area contributed by atoms with Crippen LogP contribution in [0, 0.1) is 0 Å². The highest BCUT2D eigenvalue weighted by Gasteiger charge is 2.23. The van der Waals surface area contributed by atoms with Crippen molar-refractivity contribution in [2.24, 2.45) is 0 Å². The number of hydrazine groups is 1. The Labute approximate surface area is 258 Å². The molecule has 1 N–H and O–H groups in total. The maximum absolute atomic E-state index is 12.9. The van der Waals surface area contributed by atoms with Crippen LogP contribution in [0.5, 0.6) is 23.0 Å². The number of hydrogen-bond acceptors (Lipinski definition) is 10. The molecule has 3 aromatic carbocycles. The second kappa shape index (κ2) is 15.0. The van der Waals surface area contributed by atoms with Crippen LogP contribution in [0.4, 0.5) is 5.82 Å². The van der Waals surface area contributed by atoms with E-state index < -0.39 is 0 Å². The number of carbonyl (C=O) groups is 1. The summed E-state index contributed by atoms with van der Waals surface area (Å²) in [6, 6.07) is 18.4. The van der Waals surface area contributed by atoms with E-state index in [0.29, 0.717) is 75.4 Å². The van der Waals surface area contributed by atoms with Crippen molar-refractivity contribution >= 4 is 38.6 Å². The van der Waals surface area contributed by atoms with Gasteiger partial charge in [0.05, 0.1) is 18.7 Å². The number of nitrogens with zero attached hydrogens (tertiary/aromatic N) is 4. The van der Waals surface area contributed by atoms with E-state index in [2.05, 4.69) is 36.2 Å². The predicted octanol–water partition coefficient (Wildman–Crippen LogP) is 4.70. The number of fused-ring (bicyclic) bond motifs is 1. The number of hydrogen-bond donors (Lipinski definition) is 1. The number of carbonyl (C=O) groups excluding carboxylic acids is 1. The van der Waals surface area contributed by atoms with Crippen molar-refractivity contribution in [3.8, 4) is 23.0 Å². The zero-order valence-electron chi connectivity index (χ0n) is 24.1. The smallest absolute Gasteiger partial charge is 0.265 e. The molecule has 4 aromatic rings. The standard InChI is InChI=1S/C31H34BrN5O6/c1-39-15-17-41-28-19-26-27(20-29(28)42-18-16-40-2)33-21-34-30(26)36-11-13-37(14-12-36)35-31(38)22-3-7-24(8-4-22)43-25-9-5-23(32)6-10-25/h3-10,19-21H,11-18H2,1-2H3,(H,35,38). The molecule has 1 aliphatic heterocycles. The molecule has 0 bridgehead atoms. The Hall–Kier alpha value is -3.97. The van der Waals surface area contributed by atoms with Gasteiger partial charge in [0.2, 0.25) is 0 Å². The van der Waals surface area contributed by atoms with E-state index in [4.69, 9.17) is 23.7 Å². The minimum Gasteiger partial charge on any atom is -0.487 e. The molecule has 0 saturated carbocycles. The first-order chi connectivity index (χ1) is 21.0. The molecule has 1 aliphatic rings. The van der Waals surface area contributed by atoms with Crippen LogP contribution in [0.2, 0.25) is 0 Å².